The van der Waals surface area contributed by atoms with Gasteiger partial charge >= 0.3 is 0 Å². The normalized spacial score (nSPS) is 12.0. The summed E-state index contributed by atoms with van der Waals surface area (Å²) in [7, 11) is -3.84. The molecule has 0 saturated heterocycles. The quantitative estimate of drug-likeness (QED) is 0.169. The third-order valence-corrected chi connectivity index (χ3v) is 8.58. The Hall–Kier alpha value is -3.40. The first-order valence-corrected chi connectivity index (χ1v) is 15.2. The lowest BCUT2D eigenvalue weighted by Crippen LogP contribution is -2.11. The van der Waals surface area contributed by atoms with Crippen molar-refractivity contribution in [3.05, 3.63) is 78.4 Å². The van der Waals surface area contributed by atoms with Crippen LogP contribution in [0.2, 0.25) is 0 Å². The number of fused-ring (bicyclic) bond motifs is 2. The molecule has 0 aliphatic heterocycles. The largest absolute Gasteiger partial charge is 0.340 e. The van der Waals surface area contributed by atoms with E-state index >= 15 is 0 Å². The predicted molar refractivity (Wildman–Crippen MR) is 154 cm³/mol. The molecule has 5 rings (SSSR count). The smallest absolute Gasteiger partial charge is 0.238 e. The maximum atomic E-state index is 13.9. The van der Waals surface area contributed by atoms with Crippen LogP contribution in [0.3, 0.4) is 0 Å². The molecule has 38 heavy (non-hydrogen) atoms. The average molecular weight is 547 g/mol. The van der Waals surface area contributed by atoms with Gasteiger partial charge in [-0.15, -0.1) is 0 Å². The van der Waals surface area contributed by atoms with Gasteiger partial charge in [0.2, 0.25) is 10.0 Å². The Bertz CT molecular complexity index is 1740. The number of nitrogens with two attached hydrogens (primary N) is 1. The van der Waals surface area contributed by atoms with Crippen LogP contribution in [0.4, 0.5) is 0 Å². The molecule has 9 heteroatoms. The molecule has 0 radical (unpaired) electrons. The molecule has 2 N–H and O–H groups in total. The second-order valence-electron chi connectivity index (χ2n) is 9.16. The number of hydrogen-bond donors (Lipinski definition) is 1. The maximum absolute atomic E-state index is 13.9. The van der Waals surface area contributed by atoms with Gasteiger partial charge < -0.3 is 9.13 Å². The van der Waals surface area contributed by atoms with Gasteiger partial charge in [-0.3, -0.25) is 4.79 Å². The van der Waals surface area contributed by atoms with Gasteiger partial charge in [-0.1, -0.05) is 73.6 Å². The van der Waals surface area contributed by atoms with Gasteiger partial charge in [0.15, 0.2) is 10.9 Å². The minimum atomic E-state index is -3.84. The fourth-order valence-electron chi connectivity index (χ4n) is 4.92. The molecule has 0 aliphatic carbocycles. The van der Waals surface area contributed by atoms with E-state index in [0.29, 0.717) is 16.2 Å². The van der Waals surface area contributed by atoms with E-state index in [0.717, 1.165) is 53.6 Å². The second kappa shape index (κ2) is 10.8. The number of primary sulfonamides is 1. The molecule has 196 valence electrons. The summed E-state index contributed by atoms with van der Waals surface area (Å²) in [6.45, 7) is 5.67. The van der Waals surface area contributed by atoms with E-state index in [2.05, 4.69) is 29.0 Å². The number of ketones is 1. The van der Waals surface area contributed by atoms with Gasteiger partial charge in [0.25, 0.3) is 0 Å². The highest BCUT2D eigenvalue weighted by molar-refractivity contribution is 7.99. The van der Waals surface area contributed by atoms with Crippen molar-refractivity contribution in [3.8, 4) is 11.3 Å². The number of para-hydroxylation sites is 1. The number of sulfonamides is 1. The van der Waals surface area contributed by atoms with Crippen molar-refractivity contribution in [2.24, 2.45) is 5.14 Å². The lowest BCUT2D eigenvalue weighted by atomic mass is 10.0. The Labute approximate surface area is 226 Å². The van der Waals surface area contributed by atoms with Gasteiger partial charge in [-0.05, 0) is 43.2 Å². The molecule has 0 spiro atoms. The molecule has 5 aromatic rings. The standard InChI is InChI=1S/C29H30N4O3S2/c1-3-5-17-33-25-16-15-21(38(30,35)36)18-23(25)31-29(33)37-19-26(34)27-22-13-9-10-14-24(22)32(4-2)28(27)20-11-7-6-8-12-20/h6-16,18H,3-5,17,19H2,1-2H3,(H2,30,35,36). The lowest BCUT2D eigenvalue weighted by Gasteiger charge is -2.11. The number of unbranched alkanes of at least 4 members (excludes halogenated alkanes) is 1. The van der Waals surface area contributed by atoms with E-state index in [9.17, 15) is 13.2 Å². The van der Waals surface area contributed by atoms with Crippen LogP contribution >= 0.6 is 11.8 Å². The van der Waals surface area contributed by atoms with Gasteiger partial charge in [-0.2, -0.15) is 0 Å². The van der Waals surface area contributed by atoms with E-state index in [4.69, 9.17) is 10.1 Å². The third-order valence-electron chi connectivity index (χ3n) is 6.69. The maximum Gasteiger partial charge on any atom is 0.238 e. The van der Waals surface area contributed by atoms with Crippen LogP contribution in [0, 0.1) is 0 Å². The number of carbonyl (C=O) groups is 1. The van der Waals surface area contributed by atoms with Crippen LogP contribution in [-0.2, 0) is 23.1 Å². The minimum absolute atomic E-state index is 0.0246. The highest BCUT2D eigenvalue weighted by Gasteiger charge is 2.24. The van der Waals surface area contributed by atoms with Crippen LogP contribution in [-0.4, -0.2) is 34.1 Å². The van der Waals surface area contributed by atoms with Crippen molar-refractivity contribution >= 4 is 49.5 Å². The van der Waals surface area contributed by atoms with Gasteiger partial charge in [0.05, 0.1) is 32.9 Å². The molecule has 0 unspecified atom stereocenters. The first kappa shape index (κ1) is 26.2. The van der Waals surface area contributed by atoms with E-state index in [-0.39, 0.29) is 16.4 Å². The number of thioether (sulfide) groups is 1. The molecule has 0 saturated carbocycles. The summed E-state index contributed by atoms with van der Waals surface area (Å²) in [6, 6.07) is 22.8. The Balaban J connectivity index is 1.55. The zero-order valence-electron chi connectivity index (χ0n) is 21.4. The number of imidazole rings is 1. The molecule has 0 amide bonds. The summed E-state index contributed by atoms with van der Waals surface area (Å²) in [4.78, 5) is 18.7. The monoisotopic (exact) mass is 546 g/mol. The van der Waals surface area contributed by atoms with Crippen molar-refractivity contribution in [1.29, 1.82) is 0 Å². The van der Waals surface area contributed by atoms with E-state index in [1.807, 2.05) is 48.5 Å². The summed E-state index contributed by atoms with van der Waals surface area (Å²) >= 11 is 1.38. The average Bonchev–Trinajstić information content (AvgIpc) is 3.45. The second-order valence-corrected chi connectivity index (χ2v) is 11.7. The van der Waals surface area contributed by atoms with Crippen LogP contribution < -0.4 is 5.14 Å². The van der Waals surface area contributed by atoms with Gasteiger partial charge in [-0.25, -0.2) is 18.5 Å². The summed E-state index contributed by atoms with van der Waals surface area (Å²) in [5.41, 5.74) is 5.06. The first-order valence-electron chi connectivity index (χ1n) is 12.7. The number of aromatic nitrogens is 3. The summed E-state index contributed by atoms with van der Waals surface area (Å²) in [6.07, 6.45) is 1.93. The molecule has 3 aromatic carbocycles. The number of Topliss-reactive ketones (excluding diaryl/α,β-unsaturated/α-hetero) is 1. The van der Waals surface area contributed by atoms with E-state index in [1.165, 1.54) is 23.9 Å². The van der Waals surface area contributed by atoms with Crippen molar-refractivity contribution in [1.82, 2.24) is 14.1 Å². The van der Waals surface area contributed by atoms with E-state index in [1.54, 1.807) is 6.07 Å². The highest BCUT2D eigenvalue weighted by Crippen LogP contribution is 2.36. The fourth-order valence-corrected chi connectivity index (χ4v) is 6.37. The zero-order chi connectivity index (χ0) is 26.9. The Morgan fingerprint density at radius 3 is 2.39 bits per heavy atom. The van der Waals surface area contributed by atoms with Crippen molar-refractivity contribution in [2.45, 2.75) is 49.8 Å². The molecule has 0 atom stereocenters. The Morgan fingerprint density at radius 1 is 0.947 bits per heavy atom. The topological polar surface area (TPSA) is 100.0 Å². The third kappa shape index (κ3) is 4.89. The van der Waals surface area contributed by atoms with Gasteiger partial charge in [0, 0.05) is 24.0 Å². The number of hydrogen-bond acceptors (Lipinski definition) is 5. The van der Waals surface area contributed by atoms with Crippen LogP contribution in [0.25, 0.3) is 33.2 Å². The Morgan fingerprint density at radius 2 is 1.68 bits per heavy atom. The van der Waals surface area contributed by atoms with Crippen molar-refractivity contribution in [3.63, 3.8) is 0 Å². The van der Waals surface area contributed by atoms with Crippen LogP contribution in [0.1, 0.15) is 37.0 Å². The fraction of sp³-hybridized carbons (Fsp3) is 0.241. The van der Waals surface area contributed by atoms with Gasteiger partial charge in [0.1, 0.15) is 0 Å². The molecule has 0 fully saturated rings. The molecular formula is C29H30N4O3S2. The molecule has 2 heterocycles. The molecule has 0 bridgehead atoms. The predicted octanol–water partition coefficient (Wildman–Crippen LogP) is 6.10. The molecular weight excluding hydrogens is 516 g/mol. The van der Waals surface area contributed by atoms with Crippen molar-refractivity contribution in [2.75, 3.05) is 5.75 Å². The molecule has 2 aromatic heterocycles. The number of rotatable bonds is 10. The number of aryl methyl sites for hydroxylation is 2. The Kier molecular flexibility index (Phi) is 7.43. The number of carbonyl (C=O) groups excluding carboxylic acids is 1. The first-order chi connectivity index (χ1) is 18.3. The van der Waals surface area contributed by atoms with Crippen LogP contribution in [0.5, 0.6) is 0 Å². The SMILES string of the molecule is CCCCn1c(SCC(=O)c2c(-c3ccccc3)n(CC)c3ccccc23)nc2cc(S(N)(=O)=O)ccc21. The minimum Gasteiger partial charge on any atom is -0.340 e. The van der Waals surface area contributed by atoms with Crippen molar-refractivity contribution < 1.29 is 13.2 Å². The summed E-state index contributed by atoms with van der Waals surface area (Å²) < 4.78 is 28.0. The number of benzene rings is 3. The zero-order valence-corrected chi connectivity index (χ0v) is 23.1. The van der Waals surface area contributed by atoms with Crippen LogP contribution in [0.15, 0.2) is 82.8 Å². The number of nitrogens with zero attached hydrogens (tertiary/aromatic N) is 3. The molecule has 0 aliphatic rings. The van der Waals surface area contributed by atoms with E-state index < -0.39 is 10.0 Å². The lowest BCUT2D eigenvalue weighted by molar-refractivity contribution is 0.102. The molecule has 7 nitrogen and oxygen atoms in total. The highest BCUT2D eigenvalue weighted by atomic mass is 32.2. The summed E-state index contributed by atoms with van der Waals surface area (Å²) in [5.74, 6) is 0.228. The summed E-state index contributed by atoms with van der Waals surface area (Å²) in [5, 5.41) is 6.97.